The van der Waals surface area contributed by atoms with E-state index in [0.29, 0.717) is 29.4 Å². The third-order valence-corrected chi connectivity index (χ3v) is 7.37. The molecule has 1 aromatic rings. The number of amides is 1. The van der Waals surface area contributed by atoms with Gasteiger partial charge in [0.1, 0.15) is 10.7 Å². The Kier molecular flexibility index (Phi) is 4.97. The van der Waals surface area contributed by atoms with E-state index >= 15 is 0 Å². The van der Waals surface area contributed by atoms with Gasteiger partial charge in [-0.05, 0) is 49.8 Å². The SMILES string of the molecule is C[C@H]1CCCC[C@@H]1NC(=O)c1ccc2c(c1)S(=O)(=O)N=C1CCCCCN12. The first kappa shape index (κ1) is 18.5. The zero-order chi connectivity index (χ0) is 19.0. The van der Waals surface area contributed by atoms with Crippen molar-refractivity contribution in [2.24, 2.45) is 10.3 Å². The number of hydrogen-bond acceptors (Lipinski definition) is 4. The lowest BCUT2D eigenvalue weighted by atomic mass is 9.86. The van der Waals surface area contributed by atoms with Gasteiger partial charge in [-0.1, -0.05) is 26.2 Å². The minimum Gasteiger partial charge on any atom is -0.349 e. The van der Waals surface area contributed by atoms with Crippen LogP contribution in [0.1, 0.15) is 68.6 Å². The number of amidine groups is 1. The van der Waals surface area contributed by atoms with Gasteiger partial charge in [0.2, 0.25) is 0 Å². The fourth-order valence-corrected chi connectivity index (χ4v) is 5.69. The van der Waals surface area contributed by atoms with Gasteiger partial charge < -0.3 is 10.2 Å². The van der Waals surface area contributed by atoms with Crippen LogP contribution >= 0.6 is 0 Å². The van der Waals surface area contributed by atoms with Gasteiger partial charge in [0.25, 0.3) is 15.9 Å². The molecule has 1 saturated heterocycles. The lowest BCUT2D eigenvalue weighted by molar-refractivity contribution is 0.0910. The molecule has 0 unspecified atom stereocenters. The molecular weight excluding hydrogens is 362 g/mol. The molecule has 1 saturated carbocycles. The number of carbonyl (C=O) groups excluding carboxylic acids is 1. The maximum atomic E-state index is 12.7. The Morgan fingerprint density at radius 1 is 1.15 bits per heavy atom. The molecule has 2 fully saturated rings. The molecule has 146 valence electrons. The summed E-state index contributed by atoms with van der Waals surface area (Å²) in [7, 11) is -3.76. The monoisotopic (exact) mass is 389 g/mol. The van der Waals surface area contributed by atoms with Crippen molar-refractivity contribution in [3.05, 3.63) is 23.8 Å². The van der Waals surface area contributed by atoms with Gasteiger partial charge in [-0.3, -0.25) is 4.79 Å². The summed E-state index contributed by atoms with van der Waals surface area (Å²) in [4.78, 5) is 14.9. The molecule has 7 heteroatoms. The summed E-state index contributed by atoms with van der Waals surface area (Å²) >= 11 is 0. The van der Waals surface area contributed by atoms with E-state index in [0.717, 1.165) is 45.1 Å². The highest BCUT2D eigenvalue weighted by atomic mass is 32.2. The summed E-state index contributed by atoms with van der Waals surface area (Å²) in [6.45, 7) is 2.93. The third kappa shape index (κ3) is 3.61. The van der Waals surface area contributed by atoms with Crippen LogP contribution in [0.15, 0.2) is 27.5 Å². The van der Waals surface area contributed by atoms with E-state index in [-0.39, 0.29) is 16.8 Å². The van der Waals surface area contributed by atoms with Crippen molar-refractivity contribution in [2.75, 3.05) is 11.4 Å². The van der Waals surface area contributed by atoms with Crippen LogP contribution in [0.4, 0.5) is 5.69 Å². The summed E-state index contributed by atoms with van der Waals surface area (Å²) < 4.78 is 29.5. The molecule has 0 spiro atoms. The Morgan fingerprint density at radius 3 is 2.78 bits per heavy atom. The van der Waals surface area contributed by atoms with Crippen molar-refractivity contribution in [1.29, 1.82) is 0 Å². The molecule has 1 N–H and O–H groups in total. The molecule has 1 amide bonds. The quantitative estimate of drug-likeness (QED) is 0.840. The number of nitrogens with zero attached hydrogens (tertiary/aromatic N) is 2. The summed E-state index contributed by atoms with van der Waals surface area (Å²) in [6.07, 6.45) is 8.17. The molecular formula is C20H27N3O3S. The number of nitrogens with one attached hydrogen (secondary N) is 1. The zero-order valence-electron chi connectivity index (χ0n) is 15.8. The standard InChI is InChI=1S/C20H27N3O3S/c1-14-7-4-5-8-16(14)21-20(24)15-10-11-17-18(13-15)27(25,26)22-19-9-3-2-6-12-23(17)19/h10-11,13-14,16H,2-9,12H2,1H3,(H,21,24)/t14-,16-/m0/s1. The van der Waals surface area contributed by atoms with E-state index in [9.17, 15) is 13.2 Å². The molecule has 2 heterocycles. The van der Waals surface area contributed by atoms with Crippen LogP contribution in [0.25, 0.3) is 0 Å². The zero-order valence-corrected chi connectivity index (χ0v) is 16.6. The predicted molar refractivity (Wildman–Crippen MR) is 106 cm³/mol. The fraction of sp³-hybridized carbons (Fsp3) is 0.600. The predicted octanol–water partition coefficient (Wildman–Crippen LogP) is 3.48. The molecule has 27 heavy (non-hydrogen) atoms. The van der Waals surface area contributed by atoms with E-state index in [2.05, 4.69) is 16.6 Å². The van der Waals surface area contributed by atoms with E-state index in [1.165, 1.54) is 12.5 Å². The molecule has 2 aliphatic heterocycles. The van der Waals surface area contributed by atoms with Crippen molar-refractivity contribution in [3.63, 3.8) is 0 Å². The Morgan fingerprint density at radius 2 is 1.96 bits per heavy atom. The molecule has 2 atom stereocenters. The van der Waals surface area contributed by atoms with Crippen molar-refractivity contribution in [1.82, 2.24) is 5.32 Å². The Hall–Kier alpha value is -1.89. The second kappa shape index (κ2) is 7.26. The molecule has 1 aromatic carbocycles. The van der Waals surface area contributed by atoms with Gasteiger partial charge in [-0.2, -0.15) is 8.42 Å². The first-order chi connectivity index (χ1) is 13.0. The smallest absolute Gasteiger partial charge is 0.286 e. The van der Waals surface area contributed by atoms with Crippen LogP contribution in [0.2, 0.25) is 0 Å². The van der Waals surface area contributed by atoms with Crippen molar-refractivity contribution < 1.29 is 13.2 Å². The average molecular weight is 390 g/mol. The minimum absolute atomic E-state index is 0.150. The van der Waals surface area contributed by atoms with Crippen molar-refractivity contribution >= 4 is 27.5 Å². The average Bonchev–Trinajstić information content (AvgIpc) is 2.88. The molecule has 0 bridgehead atoms. The fourth-order valence-electron chi connectivity index (χ4n) is 4.40. The number of fused-ring (bicyclic) bond motifs is 3. The largest absolute Gasteiger partial charge is 0.349 e. The summed E-state index contributed by atoms with van der Waals surface area (Å²) in [5.74, 6) is 0.888. The van der Waals surface area contributed by atoms with Crippen LogP contribution in [0.3, 0.4) is 0 Å². The van der Waals surface area contributed by atoms with Crippen LogP contribution in [0, 0.1) is 5.92 Å². The van der Waals surface area contributed by atoms with Gasteiger partial charge in [0, 0.05) is 24.6 Å². The summed E-state index contributed by atoms with van der Waals surface area (Å²) in [6, 6.07) is 5.17. The number of benzene rings is 1. The maximum absolute atomic E-state index is 12.7. The highest BCUT2D eigenvalue weighted by Crippen LogP contribution is 2.35. The second-order valence-corrected chi connectivity index (χ2v) is 9.54. The summed E-state index contributed by atoms with van der Waals surface area (Å²) in [5, 5.41) is 3.10. The van der Waals surface area contributed by atoms with Crippen LogP contribution < -0.4 is 10.2 Å². The maximum Gasteiger partial charge on any atom is 0.286 e. The van der Waals surface area contributed by atoms with Crippen LogP contribution in [-0.2, 0) is 10.0 Å². The van der Waals surface area contributed by atoms with Crippen LogP contribution in [-0.4, -0.2) is 32.7 Å². The molecule has 1 aliphatic carbocycles. The lowest BCUT2D eigenvalue weighted by Crippen LogP contribution is -2.41. The number of carbonyl (C=O) groups is 1. The number of hydrogen-bond donors (Lipinski definition) is 1. The van der Waals surface area contributed by atoms with Gasteiger partial charge in [0.05, 0.1) is 5.69 Å². The first-order valence-corrected chi connectivity index (χ1v) is 11.5. The first-order valence-electron chi connectivity index (χ1n) is 10.0. The highest BCUT2D eigenvalue weighted by Gasteiger charge is 2.32. The minimum atomic E-state index is -3.76. The Labute approximate surface area is 161 Å². The van der Waals surface area contributed by atoms with Crippen molar-refractivity contribution in [3.8, 4) is 0 Å². The Balaban J connectivity index is 1.63. The number of sulfonamides is 1. The summed E-state index contributed by atoms with van der Waals surface area (Å²) in [5.41, 5.74) is 1.05. The van der Waals surface area contributed by atoms with Gasteiger partial charge in [-0.25, -0.2) is 0 Å². The van der Waals surface area contributed by atoms with E-state index in [1.54, 1.807) is 12.1 Å². The molecule has 4 rings (SSSR count). The second-order valence-electron chi connectivity index (χ2n) is 7.97. The van der Waals surface area contributed by atoms with Gasteiger partial charge in [0.15, 0.2) is 0 Å². The molecule has 3 aliphatic rings. The van der Waals surface area contributed by atoms with Crippen molar-refractivity contribution in [2.45, 2.75) is 69.2 Å². The normalized spacial score (nSPS) is 27.0. The van der Waals surface area contributed by atoms with Gasteiger partial charge >= 0.3 is 0 Å². The van der Waals surface area contributed by atoms with E-state index in [4.69, 9.17) is 0 Å². The molecule has 6 nitrogen and oxygen atoms in total. The lowest BCUT2D eigenvalue weighted by Gasteiger charge is -2.31. The van der Waals surface area contributed by atoms with E-state index in [1.807, 2.05) is 4.90 Å². The topological polar surface area (TPSA) is 78.8 Å². The van der Waals surface area contributed by atoms with Gasteiger partial charge in [-0.15, -0.1) is 4.40 Å². The van der Waals surface area contributed by atoms with Crippen LogP contribution in [0.5, 0.6) is 0 Å². The van der Waals surface area contributed by atoms with E-state index < -0.39 is 10.0 Å². The Bertz CT molecular complexity index is 878. The molecule has 0 aromatic heterocycles. The number of anilines is 1. The highest BCUT2D eigenvalue weighted by molar-refractivity contribution is 7.90. The third-order valence-electron chi connectivity index (χ3n) is 6.04. The molecule has 0 radical (unpaired) electrons. The number of rotatable bonds is 2.